The summed E-state index contributed by atoms with van der Waals surface area (Å²) < 4.78 is 74.7. The number of fused-ring (bicyclic) bond motifs is 4. The minimum atomic E-state index is -4.42. The molecule has 2 N–H and O–H groups in total. The topological polar surface area (TPSA) is 129 Å². The van der Waals surface area contributed by atoms with E-state index in [1.165, 1.54) is 16.3 Å². The van der Waals surface area contributed by atoms with Gasteiger partial charge in [0.05, 0.1) is 22.2 Å². The lowest BCUT2D eigenvalue weighted by Crippen LogP contribution is -2.39. The lowest BCUT2D eigenvalue weighted by Gasteiger charge is -2.19. The number of aryl methyl sites for hydroxylation is 2. The Hall–Kier alpha value is -3.16. The quantitative estimate of drug-likeness (QED) is 0.215. The van der Waals surface area contributed by atoms with Crippen molar-refractivity contribution in [2.45, 2.75) is 38.0 Å². The van der Waals surface area contributed by atoms with E-state index in [9.17, 15) is 25.9 Å². The number of hydrogen-bond acceptors (Lipinski definition) is 7. The molecule has 0 spiro atoms. The Balaban J connectivity index is 1.67. The molecule has 0 amide bonds. The number of oxazole rings is 1. The SMILES string of the molecule is CCC(=C/c1oc2ccc3ccccc3c2[n+]1CS(=O)(=O)O)/C=C1/Sc2cc(C)c(C)cc2N1CS(=O)(=O)O. The summed E-state index contributed by atoms with van der Waals surface area (Å²) in [4.78, 5) is 2.41. The van der Waals surface area contributed by atoms with Crippen LogP contribution in [0.4, 0.5) is 5.69 Å². The first-order chi connectivity index (χ1) is 18.3. The van der Waals surface area contributed by atoms with Crippen LogP contribution in [0.5, 0.6) is 0 Å². The van der Waals surface area contributed by atoms with Crippen molar-refractivity contribution in [2.75, 3.05) is 10.8 Å². The maximum atomic E-state index is 12.0. The second-order valence-corrected chi connectivity index (χ2v) is 13.3. The van der Waals surface area contributed by atoms with Gasteiger partial charge in [0, 0.05) is 4.90 Å². The van der Waals surface area contributed by atoms with Gasteiger partial charge in [0.2, 0.25) is 5.58 Å². The molecule has 9 nitrogen and oxygen atoms in total. The predicted molar refractivity (Wildman–Crippen MR) is 152 cm³/mol. The zero-order valence-corrected chi connectivity index (χ0v) is 23.9. The van der Waals surface area contributed by atoms with Gasteiger partial charge >= 0.3 is 16.0 Å². The van der Waals surface area contributed by atoms with E-state index in [2.05, 4.69) is 0 Å². The van der Waals surface area contributed by atoms with Crippen LogP contribution in [0.25, 0.3) is 27.9 Å². The summed E-state index contributed by atoms with van der Waals surface area (Å²) in [5.41, 5.74) is 4.42. The second kappa shape index (κ2) is 10.1. The molecule has 0 atom stereocenters. The first-order valence-corrected chi connectivity index (χ1v) is 16.1. The van der Waals surface area contributed by atoms with Crippen molar-refractivity contribution in [2.24, 2.45) is 0 Å². The van der Waals surface area contributed by atoms with E-state index in [4.69, 9.17) is 4.42 Å². The highest BCUT2D eigenvalue weighted by molar-refractivity contribution is 8.03. The Kier molecular flexibility index (Phi) is 7.10. The Morgan fingerprint density at radius 2 is 1.74 bits per heavy atom. The number of anilines is 1. The van der Waals surface area contributed by atoms with Crippen LogP contribution in [0, 0.1) is 13.8 Å². The van der Waals surface area contributed by atoms with Crippen LogP contribution in [0.3, 0.4) is 0 Å². The van der Waals surface area contributed by atoms with Crippen molar-refractivity contribution in [1.29, 1.82) is 0 Å². The largest absolute Gasteiger partial charge is 0.398 e. The van der Waals surface area contributed by atoms with Gasteiger partial charge in [0.1, 0.15) is 0 Å². The monoisotopic (exact) mass is 587 g/mol. The third-order valence-corrected chi connectivity index (χ3v) is 8.83. The molecule has 204 valence electrons. The molecule has 5 rings (SSSR count). The first-order valence-electron chi connectivity index (χ1n) is 12.1. The Morgan fingerprint density at radius 3 is 2.44 bits per heavy atom. The maximum Gasteiger partial charge on any atom is 0.375 e. The molecule has 3 aromatic carbocycles. The predicted octanol–water partition coefficient (Wildman–Crippen LogP) is 5.43. The molecular weight excluding hydrogens is 561 g/mol. The Bertz CT molecular complexity index is 1910. The van der Waals surface area contributed by atoms with Crippen molar-refractivity contribution in [1.82, 2.24) is 0 Å². The number of hydrogen-bond donors (Lipinski definition) is 2. The average molecular weight is 588 g/mol. The Labute approximate surface area is 230 Å². The van der Waals surface area contributed by atoms with Crippen LogP contribution in [-0.2, 0) is 26.1 Å². The molecule has 39 heavy (non-hydrogen) atoms. The van der Waals surface area contributed by atoms with Crippen LogP contribution in [0.2, 0.25) is 0 Å². The molecule has 1 aromatic heterocycles. The van der Waals surface area contributed by atoms with Crippen molar-refractivity contribution < 1.29 is 34.9 Å². The summed E-state index contributed by atoms with van der Waals surface area (Å²) in [7, 11) is -8.75. The zero-order valence-electron chi connectivity index (χ0n) is 21.4. The van der Waals surface area contributed by atoms with Gasteiger partial charge in [0.25, 0.3) is 21.5 Å². The molecule has 1 aliphatic heterocycles. The van der Waals surface area contributed by atoms with Gasteiger partial charge in [-0.2, -0.15) is 16.8 Å². The number of benzene rings is 3. The molecule has 0 saturated heterocycles. The minimum absolute atomic E-state index is 0.209. The van der Waals surface area contributed by atoms with Crippen molar-refractivity contribution in [3.05, 3.63) is 82.2 Å². The van der Waals surface area contributed by atoms with Gasteiger partial charge in [-0.15, -0.1) is 4.57 Å². The maximum absolute atomic E-state index is 12.0. The van der Waals surface area contributed by atoms with E-state index in [0.29, 0.717) is 33.8 Å². The van der Waals surface area contributed by atoms with Crippen LogP contribution < -0.4 is 9.47 Å². The van der Waals surface area contributed by atoms with E-state index < -0.39 is 32.0 Å². The molecule has 0 saturated carbocycles. The van der Waals surface area contributed by atoms with Gasteiger partial charge in [-0.05, 0) is 72.7 Å². The van der Waals surface area contributed by atoms with Crippen LogP contribution in [-0.4, -0.2) is 31.8 Å². The zero-order chi connectivity index (χ0) is 28.1. The summed E-state index contributed by atoms with van der Waals surface area (Å²) >= 11 is 1.38. The summed E-state index contributed by atoms with van der Waals surface area (Å²) in [5, 5.41) is 2.24. The summed E-state index contributed by atoms with van der Waals surface area (Å²) in [6, 6.07) is 15.0. The minimum Gasteiger partial charge on any atom is -0.398 e. The standard InChI is InChI=1S/C27H26N2O7S3/c1-4-19(14-26-28(15-38(30,31)32)22-11-17(2)18(3)12-24(22)37-26)13-25-29(16-39(33,34)35)27-21-8-6-5-7-20(21)9-10-23(27)36-25/h5-14H,4,15-16H2,1-3H3,(H-,30,31,32,33,34,35)/p+1. The highest BCUT2D eigenvalue weighted by Gasteiger charge is 2.31. The fraction of sp³-hybridized carbons (Fsp3) is 0.222. The van der Waals surface area contributed by atoms with Crippen molar-refractivity contribution >= 4 is 65.6 Å². The van der Waals surface area contributed by atoms with E-state index in [0.717, 1.165) is 26.8 Å². The van der Waals surface area contributed by atoms with Gasteiger partial charge in [-0.1, -0.05) is 43.0 Å². The average Bonchev–Trinajstić information content (AvgIpc) is 3.34. The van der Waals surface area contributed by atoms with E-state index in [1.807, 2.05) is 63.2 Å². The summed E-state index contributed by atoms with van der Waals surface area (Å²) in [6.45, 7) is 5.81. The molecular formula is C27H27N2O7S3+. The number of nitrogens with zero attached hydrogens (tertiary/aromatic N) is 2. The van der Waals surface area contributed by atoms with E-state index in [1.54, 1.807) is 23.1 Å². The van der Waals surface area contributed by atoms with Crippen LogP contribution in [0.15, 0.2) is 74.5 Å². The number of rotatable bonds is 7. The third kappa shape index (κ3) is 5.75. The molecule has 0 aliphatic carbocycles. The fourth-order valence-electron chi connectivity index (χ4n) is 4.59. The summed E-state index contributed by atoms with van der Waals surface area (Å²) in [5.74, 6) is -1.11. The van der Waals surface area contributed by atoms with Crippen molar-refractivity contribution in [3.8, 4) is 0 Å². The molecule has 1 aliphatic rings. The van der Waals surface area contributed by atoms with E-state index in [-0.39, 0.29) is 5.89 Å². The highest BCUT2D eigenvalue weighted by Crippen LogP contribution is 2.47. The smallest absolute Gasteiger partial charge is 0.375 e. The molecule has 0 radical (unpaired) electrons. The Morgan fingerprint density at radius 1 is 1.03 bits per heavy atom. The normalized spacial score (nSPS) is 15.6. The van der Waals surface area contributed by atoms with Gasteiger partial charge in [-0.3, -0.25) is 9.11 Å². The third-order valence-electron chi connectivity index (χ3n) is 6.57. The molecule has 0 bridgehead atoms. The van der Waals surface area contributed by atoms with Gasteiger partial charge in [0.15, 0.2) is 5.88 Å². The number of allylic oxidation sites excluding steroid dienone is 2. The highest BCUT2D eigenvalue weighted by atomic mass is 32.2. The van der Waals surface area contributed by atoms with Crippen LogP contribution >= 0.6 is 11.8 Å². The lowest BCUT2D eigenvalue weighted by molar-refractivity contribution is -0.658. The number of aromatic nitrogens is 1. The van der Waals surface area contributed by atoms with Crippen LogP contribution in [0.1, 0.15) is 30.4 Å². The van der Waals surface area contributed by atoms with E-state index >= 15 is 0 Å². The molecule has 0 fully saturated rings. The van der Waals surface area contributed by atoms with Crippen molar-refractivity contribution in [3.63, 3.8) is 0 Å². The second-order valence-electron chi connectivity index (χ2n) is 9.41. The fourth-order valence-corrected chi connectivity index (χ4v) is 7.08. The summed E-state index contributed by atoms with van der Waals surface area (Å²) in [6.07, 6.45) is 3.98. The first kappa shape index (κ1) is 27.4. The molecule has 4 aromatic rings. The molecule has 12 heteroatoms. The van der Waals surface area contributed by atoms with Gasteiger partial charge in [-0.25, -0.2) is 0 Å². The number of thioether (sulfide) groups is 1. The molecule has 2 heterocycles. The lowest BCUT2D eigenvalue weighted by atomic mass is 10.1. The molecule has 0 unspecified atom stereocenters. The van der Waals surface area contributed by atoms with Gasteiger partial charge < -0.3 is 9.32 Å².